The van der Waals surface area contributed by atoms with E-state index in [9.17, 15) is 10.1 Å². The van der Waals surface area contributed by atoms with Gasteiger partial charge in [-0.2, -0.15) is 9.64 Å². The van der Waals surface area contributed by atoms with E-state index in [1.54, 1.807) is 23.1 Å². The lowest BCUT2D eigenvalue weighted by Gasteiger charge is -2.21. The molecule has 1 aliphatic rings. The third kappa shape index (κ3) is 3.78. The van der Waals surface area contributed by atoms with Crippen molar-refractivity contribution in [3.05, 3.63) is 28.9 Å². The van der Waals surface area contributed by atoms with Crippen LogP contribution in [0.4, 0.5) is 10.7 Å². The number of nitrogens with one attached hydrogen (secondary N) is 1. The summed E-state index contributed by atoms with van der Waals surface area (Å²) in [6.45, 7) is 3.52. The third-order valence-electron chi connectivity index (χ3n) is 3.57. The number of benzene rings is 1. The van der Waals surface area contributed by atoms with Gasteiger partial charge in [0.1, 0.15) is 29.8 Å². The maximum atomic E-state index is 12.4. The van der Waals surface area contributed by atoms with Crippen molar-refractivity contribution >= 4 is 39.7 Å². The first-order valence-electron chi connectivity index (χ1n) is 7.62. The van der Waals surface area contributed by atoms with Gasteiger partial charge in [-0.15, -0.1) is 0 Å². The highest BCUT2D eigenvalue weighted by atomic mass is 35.5. The fraction of sp³-hybridized carbons (Fsp3) is 0.312. The Balaban J connectivity index is 1.70. The number of carbonyl (C=O) groups is 1. The van der Waals surface area contributed by atoms with Crippen molar-refractivity contribution < 1.29 is 14.3 Å². The van der Waals surface area contributed by atoms with Crippen molar-refractivity contribution in [1.29, 1.82) is 5.26 Å². The average molecular weight is 379 g/mol. The van der Waals surface area contributed by atoms with Gasteiger partial charge in [-0.1, -0.05) is 11.6 Å². The number of nitriles is 1. The van der Waals surface area contributed by atoms with E-state index in [0.717, 1.165) is 11.5 Å². The molecule has 7 nitrogen and oxygen atoms in total. The molecule has 0 radical (unpaired) electrons. The Kier molecular flexibility index (Phi) is 5.26. The van der Waals surface area contributed by atoms with Crippen LogP contribution in [0.1, 0.15) is 12.5 Å². The average Bonchev–Trinajstić information content (AvgIpc) is 3.00. The Labute approximate surface area is 153 Å². The Bertz CT molecular complexity index is 833. The van der Waals surface area contributed by atoms with Crippen LogP contribution in [0.3, 0.4) is 0 Å². The number of ether oxygens (including phenoxy) is 2. The van der Waals surface area contributed by atoms with Gasteiger partial charge in [-0.3, -0.25) is 4.79 Å². The highest BCUT2D eigenvalue weighted by Crippen LogP contribution is 2.33. The molecule has 1 amide bonds. The summed E-state index contributed by atoms with van der Waals surface area (Å²) < 4.78 is 14.9. The number of aromatic nitrogens is 1. The number of amides is 1. The summed E-state index contributed by atoms with van der Waals surface area (Å²) in [5, 5.41) is 12.8. The van der Waals surface area contributed by atoms with Gasteiger partial charge in [0.05, 0.1) is 6.54 Å². The zero-order valence-corrected chi connectivity index (χ0v) is 15.0. The van der Waals surface area contributed by atoms with E-state index in [2.05, 4.69) is 9.69 Å². The molecule has 25 heavy (non-hydrogen) atoms. The molecule has 9 heteroatoms. The Morgan fingerprint density at radius 1 is 1.44 bits per heavy atom. The number of hydrogen-bond acceptors (Lipinski definition) is 7. The smallest absolute Gasteiger partial charge is 0.243 e. The Hall–Kier alpha value is -2.50. The molecule has 1 aliphatic heterocycles. The molecule has 0 aliphatic carbocycles. The van der Waals surface area contributed by atoms with E-state index >= 15 is 0 Å². The summed E-state index contributed by atoms with van der Waals surface area (Å²) in [6, 6.07) is 7.28. The van der Waals surface area contributed by atoms with Gasteiger partial charge < -0.3 is 19.7 Å². The minimum absolute atomic E-state index is 0.0815. The summed E-state index contributed by atoms with van der Waals surface area (Å²) in [5.41, 5.74) is 0.911. The van der Waals surface area contributed by atoms with E-state index in [0.29, 0.717) is 47.5 Å². The van der Waals surface area contributed by atoms with Crippen LogP contribution in [0.2, 0.25) is 5.15 Å². The summed E-state index contributed by atoms with van der Waals surface area (Å²) in [4.78, 5) is 14.1. The standard InChI is InChI=1S/C16H15ClN4O3S/c1-2-21(16-11(8-18)15(17)20-25-16)9-14(22)19-10-3-4-12-13(7-10)24-6-5-23-12/h3-4,7H,2,5-6,9H2,1H3,(H,19,22). The van der Waals surface area contributed by atoms with Crippen molar-refractivity contribution in [3.63, 3.8) is 0 Å². The molecule has 130 valence electrons. The number of anilines is 2. The monoisotopic (exact) mass is 378 g/mol. The second-order valence-electron chi connectivity index (χ2n) is 5.19. The van der Waals surface area contributed by atoms with E-state index in [4.69, 9.17) is 21.1 Å². The first-order chi connectivity index (χ1) is 12.1. The number of fused-ring (bicyclic) bond motifs is 1. The maximum Gasteiger partial charge on any atom is 0.243 e. The molecule has 2 heterocycles. The van der Waals surface area contributed by atoms with Crippen LogP contribution < -0.4 is 19.7 Å². The van der Waals surface area contributed by atoms with Gasteiger partial charge in [0, 0.05) is 18.3 Å². The highest BCUT2D eigenvalue weighted by Gasteiger charge is 2.20. The molecule has 0 bridgehead atoms. The van der Waals surface area contributed by atoms with E-state index in [-0.39, 0.29) is 17.6 Å². The van der Waals surface area contributed by atoms with Crippen LogP contribution in [0.5, 0.6) is 11.5 Å². The normalized spacial score (nSPS) is 12.4. The topological polar surface area (TPSA) is 87.5 Å². The van der Waals surface area contributed by atoms with E-state index < -0.39 is 0 Å². The molecule has 0 unspecified atom stereocenters. The van der Waals surface area contributed by atoms with Crippen LogP contribution in [-0.4, -0.2) is 36.6 Å². The quantitative estimate of drug-likeness (QED) is 0.860. The predicted octanol–water partition coefficient (Wildman–Crippen LogP) is 2.90. The molecule has 1 aromatic carbocycles. The molecule has 0 fully saturated rings. The van der Waals surface area contributed by atoms with Crippen molar-refractivity contribution in [1.82, 2.24) is 4.37 Å². The summed E-state index contributed by atoms with van der Waals surface area (Å²) in [7, 11) is 0. The lowest BCUT2D eigenvalue weighted by Crippen LogP contribution is -2.33. The zero-order valence-electron chi connectivity index (χ0n) is 13.4. The molecule has 0 saturated carbocycles. The minimum Gasteiger partial charge on any atom is -0.486 e. The molecule has 3 rings (SSSR count). The van der Waals surface area contributed by atoms with Crippen LogP contribution >= 0.6 is 23.1 Å². The second-order valence-corrected chi connectivity index (χ2v) is 6.30. The lowest BCUT2D eigenvalue weighted by molar-refractivity contribution is -0.115. The number of hydrogen-bond donors (Lipinski definition) is 1. The Morgan fingerprint density at radius 2 is 2.20 bits per heavy atom. The molecular weight excluding hydrogens is 364 g/mol. The Morgan fingerprint density at radius 3 is 2.92 bits per heavy atom. The summed E-state index contributed by atoms with van der Waals surface area (Å²) in [6.07, 6.45) is 0. The van der Waals surface area contributed by atoms with Gasteiger partial charge in [-0.25, -0.2) is 0 Å². The van der Waals surface area contributed by atoms with Crippen molar-refractivity contribution in [3.8, 4) is 17.6 Å². The van der Waals surface area contributed by atoms with Crippen molar-refractivity contribution in [2.45, 2.75) is 6.92 Å². The first-order valence-corrected chi connectivity index (χ1v) is 8.77. The molecule has 1 aromatic heterocycles. The largest absolute Gasteiger partial charge is 0.486 e. The van der Waals surface area contributed by atoms with Gasteiger partial charge in [0.25, 0.3) is 0 Å². The van der Waals surface area contributed by atoms with Crippen LogP contribution in [0.25, 0.3) is 0 Å². The molecular formula is C16H15ClN4O3S. The van der Waals surface area contributed by atoms with Crippen LogP contribution in [-0.2, 0) is 4.79 Å². The number of rotatable bonds is 5. The van der Waals surface area contributed by atoms with Crippen molar-refractivity contribution in [2.75, 3.05) is 36.5 Å². The van der Waals surface area contributed by atoms with E-state index in [1.165, 1.54) is 0 Å². The maximum absolute atomic E-state index is 12.4. The third-order valence-corrected chi connectivity index (χ3v) is 4.86. The van der Waals surface area contributed by atoms with Crippen molar-refractivity contribution in [2.24, 2.45) is 0 Å². The zero-order chi connectivity index (χ0) is 17.8. The van der Waals surface area contributed by atoms with Gasteiger partial charge in [0.2, 0.25) is 5.91 Å². The fourth-order valence-electron chi connectivity index (χ4n) is 2.39. The first kappa shape index (κ1) is 17.3. The van der Waals surface area contributed by atoms with Crippen LogP contribution in [0.15, 0.2) is 18.2 Å². The molecule has 0 saturated heterocycles. The molecule has 0 atom stereocenters. The number of halogens is 1. The van der Waals surface area contributed by atoms with Gasteiger partial charge in [-0.05, 0) is 30.6 Å². The SMILES string of the molecule is CCN(CC(=O)Nc1ccc2c(c1)OCCO2)c1snc(Cl)c1C#N. The number of likely N-dealkylation sites (N-methyl/N-ethyl adjacent to an activating group) is 1. The van der Waals surface area contributed by atoms with E-state index in [1.807, 2.05) is 13.0 Å². The second kappa shape index (κ2) is 7.59. The fourth-order valence-corrected chi connectivity index (χ4v) is 3.49. The minimum atomic E-state index is -0.216. The molecule has 2 aromatic rings. The number of nitrogens with zero attached hydrogens (tertiary/aromatic N) is 3. The van der Waals surface area contributed by atoms with Gasteiger partial charge in [0.15, 0.2) is 16.7 Å². The predicted molar refractivity (Wildman–Crippen MR) is 95.8 cm³/mol. The number of carbonyl (C=O) groups excluding carboxylic acids is 1. The summed E-state index contributed by atoms with van der Waals surface area (Å²) >= 11 is 7.01. The molecule has 0 spiro atoms. The van der Waals surface area contributed by atoms with Gasteiger partial charge >= 0.3 is 0 Å². The van der Waals surface area contributed by atoms with Crippen LogP contribution in [0, 0.1) is 11.3 Å². The highest BCUT2D eigenvalue weighted by molar-refractivity contribution is 7.10. The lowest BCUT2D eigenvalue weighted by atomic mass is 10.2. The summed E-state index contributed by atoms with van der Waals surface area (Å²) in [5.74, 6) is 1.06. The molecule has 1 N–H and O–H groups in total.